The van der Waals surface area contributed by atoms with Crippen LogP contribution in [-0.4, -0.2) is 29.0 Å². The number of carbonyl (C=O) groups is 1. The van der Waals surface area contributed by atoms with Crippen LogP contribution in [0.1, 0.15) is 50.4 Å². The topological polar surface area (TPSA) is 72.1 Å². The van der Waals surface area contributed by atoms with Crippen molar-refractivity contribution in [2.75, 3.05) is 18.0 Å². The van der Waals surface area contributed by atoms with Crippen LogP contribution in [0.3, 0.4) is 0 Å². The molecule has 2 rings (SSSR count). The van der Waals surface area contributed by atoms with Crippen LogP contribution in [0.5, 0.6) is 0 Å². The summed E-state index contributed by atoms with van der Waals surface area (Å²) in [6.45, 7) is 7.83. The molecule has 0 unspecified atom stereocenters. The maximum atomic E-state index is 11.0. The summed E-state index contributed by atoms with van der Waals surface area (Å²) < 4.78 is 0. The average Bonchev–Trinajstić information content (AvgIpc) is 2.42. The highest BCUT2D eigenvalue weighted by Gasteiger charge is 2.24. The molecule has 5 nitrogen and oxygen atoms in total. The third-order valence-corrected chi connectivity index (χ3v) is 4.37. The van der Waals surface area contributed by atoms with E-state index in [1.807, 2.05) is 6.92 Å². The van der Waals surface area contributed by atoms with E-state index in [1.165, 1.54) is 0 Å². The lowest BCUT2D eigenvalue weighted by Crippen LogP contribution is -2.36. The van der Waals surface area contributed by atoms with Crippen LogP contribution in [-0.2, 0) is 4.79 Å². The molecule has 0 aliphatic carbocycles. The molecular formula is C15H23ClN4O. The first-order chi connectivity index (χ1) is 9.88. The number of nitrogens with two attached hydrogens (primary N) is 1. The van der Waals surface area contributed by atoms with E-state index >= 15 is 0 Å². The molecule has 1 aliphatic heterocycles. The van der Waals surface area contributed by atoms with Crippen LogP contribution < -0.4 is 10.6 Å². The largest absolute Gasteiger partial charge is 0.370 e. The number of anilines is 1. The van der Waals surface area contributed by atoms with Gasteiger partial charge in [0, 0.05) is 31.0 Å². The summed E-state index contributed by atoms with van der Waals surface area (Å²) in [4.78, 5) is 22.3. The molecule has 0 spiro atoms. The van der Waals surface area contributed by atoms with Crippen LogP contribution in [0.15, 0.2) is 0 Å². The summed E-state index contributed by atoms with van der Waals surface area (Å²) in [7, 11) is 0. The van der Waals surface area contributed by atoms with E-state index < -0.39 is 0 Å². The van der Waals surface area contributed by atoms with Gasteiger partial charge in [0.25, 0.3) is 0 Å². The molecule has 0 aromatic carbocycles. The Labute approximate surface area is 130 Å². The Morgan fingerprint density at radius 3 is 2.52 bits per heavy atom. The first-order valence-corrected chi connectivity index (χ1v) is 7.83. The summed E-state index contributed by atoms with van der Waals surface area (Å²) in [6, 6.07) is 0. The highest BCUT2D eigenvalue weighted by molar-refractivity contribution is 6.30. The molecule has 1 amide bonds. The molecule has 2 N–H and O–H groups in total. The molecule has 116 valence electrons. The fourth-order valence-corrected chi connectivity index (χ4v) is 2.86. The minimum atomic E-state index is -0.211. The second-order valence-corrected chi connectivity index (χ2v) is 6.43. The summed E-state index contributed by atoms with van der Waals surface area (Å²) in [5.74, 6) is 2.13. The highest BCUT2D eigenvalue weighted by Crippen LogP contribution is 2.29. The van der Waals surface area contributed by atoms with Crippen molar-refractivity contribution >= 4 is 23.3 Å². The Bertz CT molecular complexity index is 525. The Morgan fingerprint density at radius 2 is 2.00 bits per heavy atom. The van der Waals surface area contributed by atoms with Crippen molar-refractivity contribution in [1.82, 2.24) is 9.97 Å². The monoisotopic (exact) mass is 310 g/mol. The SMILES string of the molecule is Cc1c(Cl)nc(C(C)C)nc1N1CCC(CC(N)=O)CC1. The van der Waals surface area contributed by atoms with E-state index in [-0.39, 0.29) is 11.8 Å². The summed E-state index contributed by atoms with van der Waals surface area (Å²) in [5.41, 5.74) is 6.20. The van der Waals surface area contributed by atoms with Gasteiger partial charge in [-0.2, -0.15) is 0 Å². The molecule has 0 bridgehead atoms. The molecule has 0 radical (unpaired) electrons. The molecule has 0 saturated carbocycles. The lowest BCUT2D eigenvalue weighted by Gasteiger charge is -2.33. The molecule has 1 aromatic heterocycles. The number of amides is 1. The van der Waals surface area contributed by atoms with E-state index in [9.17, 15) is 4.79 Å². The predicted molar refractivity (Wildman–Crippen MR) is 84.6 cm³/mol. The van der Waals surface area contributed by atoms with Crippen molar-refractivity contribution in [1.29, 1.82) is 0 Å². The Hall–Kier alpha value is -1.36. The molecular weight excluding hydrogens is 288 g/mol. The second-order valence-electron chi connectivity index (χ2n) is 6.08. The first kappa shape index (κ1) is 16.0. The number of halogens is 1. The van der Waals surface area contributed by atoms with Crippen molar-refractivity contribution in [3.63, 3.8) is 0 Å². The second kappa shape index (κ2) is 6.60. The minimum Gasteiger partial charge on any atom is -0.370 e. The summed E-state index contributed by atoms with van der Waals surface area (Å²) in [6.07, 6.45) is 2.40. The summed E-state index contributed by atoms with van der Waals surface area (Å²) in [5, 5.41) is 0.531. The van der Waals surface area contributed by atoms with Gasteiger partial charge in [-0.05, 0) is 25.7 Å². The van der Waals surface area contributed by atoms with Gasteiger partial charge in [0.2, 0.25) is 5.91 Å². The normalized spacial score (nSPS) is 16.5. The molecule has 1 aromatic rings. The van der Waals surface area contributed by atoms with Gasteiger partial charge in [0.15, 0.2) is 0 Å². The van der Waals surface area contributed by atoms with E-state index in [4.69, 9.17) is 17.3 Å². The van der Waals surface area contributed by atoms with Crippen LogP contribution in [0.2, 0.25) is 5.15 Å². The molecule has 2 heterocycles. The Morgan fingerprint density at radius 1 is 1.38 bits per heavy atom. The fraction of sp³-hybridized carbons (Fsp3) is 0.667. The lowest BCUT2D eigenvalue weighted by molar-refractivity contribution is -0.119. The number of hydrogen-bond donors (Lipinski definition) is 1. The van der Waals surface area contributed by atoms with Gasteiger partial charge in [-0.1, -0.05) is 25.4 Å². The maximum Gasteiger partial charge on any atom is 0.217 e. The highest BCUT2D eigenvalue weighted by atomic mass is 35.5. The number of carbonyl (C=O) groups excluding carboxylic acids is 1. The third-order valence-electron chi connectivity index (χ3n) is 4.00. The van der Waals surface area contributed by atoms with Gasteiger partial charge < -0.3 is 10.6 Å². The van der Waals surface area contributed by atoms with Gasteiger partial charge in [-0.25, -0.2) is 9.97 Å². The average molecular weight is 311 g/mol. The van der Waals surface area contributed by atoms with E-state index in [0.29, 0.717) is 17.5 Å². The number of nitrogens with zero attached hydrogens (tertiary/aromatic N) is 3. The molecule has 1 saturated heterocycles. The van der Waals surface area contributed by atoms with Crippen LogP contribution in [0.4, 0.5) is 5.82 Å². The van der Waals surface area contributed by atoms with Gasteiger partial charge in [0.05, 0.1) is 0 Å². The molecule has 1 fully saturated rings. The smallest absolute Gasteiger partial charge is 0.217 e. The van der Waals surface area contributed by atoms with Gasteiger partial charge in [0.1, 0.15) is 16.8 Å². The maximum absolute atomic E-state index is 11.0. The molecule has 0 atom stereocenters. The summed E-state index contributed by atoms with van der Waals surface area (Å²) >= 11 is 6.24. The van der Waals surface area contributed by atoms with Gasteiger partial charge in [-0.15, -0.1) is 0 Å². The zero-order valence-corrected chi connectivity index (χ0v) is 13.7. The third kappa shape index (κ3) is 3.84. The minimum absolute atomic E-state index is 0.211. The number of aromatic nitrogens is 2. The zero-order valence-electron chi connectivity index (χ0n) is 12.9. The van der Waals surface area contributed by atoms with E-state index in [2.05, 4.69) is 28.7 Å². The lowest BCUT2D eigenvalue weighted by atomic mass is 9.93. The quantitative estimate of drug-likeness (QED) is 0.868. The fourth-order valence-electron chi connectivity index (χ4n) is 2.69. The number of hydrogen-bond acceptors (Lipinski definition) is 4. The van der Waals surface area contributed by atoms with E-state index in [0.717, 1.165) is 43.1 Å². The molecule has 21 heavy (non-hydrogen) atoms. The van der Waals surface area contributed by atoms with Gasteiger partial charge >= 0.3 is 0 Å². The van der Waals surface area contributed by atoms with Crippen LogP contribution in [0, 0.1) is 12.8 Å². The first-order valence-electron chi connectivity index (χ1n) is 7.45. The van der Waals surface area contributed by atoms with Crippen molar-refractivity contribution in [3.8, 4) is 0 Å². The van der Waals surface area contributed by atoms with Crippen molar-refractivity contribution in [3.05, 3.63) is 16.5 Å². The van der Waals surface area contributed by atoms with Crippen molar-refractivity contribution < 1.29 is 4.79 Å². The van der Waals surface area contributed by atoms with Crippen molar-refractivity contribution in [2.24, 2.45) is 11.7 Å². The molecule has 6 heteroatoms. The molecule has 1 aliphatic rings. The van der Waals surface area contributed by atoms with Gasteiger partial charge in [-0.3, -0.25) is 4.79 Å². The zero-order chi connectivity index (χ0) is 15.6. The standard InChI is InChI=1S/C15H23ClN4O/c1-9(2)14-18-13(16)10(3)15(19-14)20-6-4-11(5-7-20)8-12(17)21/h9,11H,4-8H2,1-3H3,(H2,17,21). The van der Waals surface area contributed by atoms with Crippen LogP contribution in [0.25, 0.3) is 0 Å². The Balaban J connectivity index is 2.14. The number of rotatable bonds is 4. The predicted octanol–water partition coefficient (Wildman–Crippen LogP) is 2.65. The number of piperidine rings is 1. The number of primary amides is 1. The Kier molecular flexibility index (Phi) is 5.04. The van der Waals surface area contributed by atoms with E-state index in [1.54, 1.807) is 0 Å². The van der Waals surface area contributed by atoms with Crippen LogP contribution >= 0.6 is 11.6 Å². The van der Waals surface area contributed by atoms with Crippen molar-refractivity contribution in [2.45, 2.75) is 46.0 Å².